The summed E-state index contributed by atoms with van der Waals surface area (Å²) in [5, 5.41) is 2.85. The van der Waals surface area contributed by atoms with E-state index in [4.69, 9.17) is 21.1 Å². The van der Waals surface area contributed by atoms with Crippen LogP contribution < -0.4 is 10.1 Å². The number of alkyl halides is 3. The van der Waals surface area contributed by atoms with Gasteiger partial charge in [-0.25, -0.2) is 4.98 Å². The highest BCUT2D eigenvalue weighted by atomic mass is 35.5. The molecule has 11 heteroatoms. The SMILES string of the molecule is COc1ccc(Cl)cc1NC(=O)C(C)OC(=O)Cn1c(C(F)(F)F)nc2ccccc21. The number of nitrogens with one attached hydrogen (secondary N) is 1. The van der Waals surface area contributed by atoms with Crippen LogP contribution in [0.1, 0.15) is 12.7 Å². The van der Waals surface area contributed by atoms with Crippen molar-refractivity contribution < 1.29 is 32.2 Å². The number of esters is 1. The Morgan fingerprint density at radius 2 is 1.94 bits per heavy atom. The van der Waals surface area contributed by atoms with Gasteiger partial charge in [-0.05, 0) is 37.3 Å². The van der Waals surface area contributed by atoms with Crippen LogP contribution in [0.4, 0.5) is 18.9 Å². The molecule has 0 aliphatic carbocycles. The first-order valence-corrected chi connectivity index (χ1v) is 9.34. The molecule has 7 nitrogen and oxygen atoms in total. The first-order chi connectivity index (χ1) is 14.6. The molecule has 1 unspecified atom stereocenters. The largest absolute Gasteiger partial charge is 0.495 e. The monoisotopic (exact) mass is 455 g/mol. The third-order valence-electron chi connectivity index (χ3n) is 4.29. The van der Waals surface area contributed by atoms with Crippen LogP contribution >= 0.6 is 11.6 Å². The summed E-state index contributed by atoms with van der Waals surface area (Å²) in [5.41, 5.74) is 0.455. The van der Waals surface area contributed by atoms with Gasteiger partial charge in [0.05, 0.1) is 23.8 Å². The molecule has 1 N–H and O–H groups in total. The molecule has 164 valence electrons. The molecule has 3 aromatic rings. The Balaban J connectivity index is 1.74. The van der Waals surface area contributed by atoms with Crippen LogP contribution in [-0.4, -0.2) is 34.6 Å². The van der Waals surface area contributed by atoms with Crippen LogP contribution in [0.25, 0.3) is 11.0 Å². The number of fused-ring (bicyclic) bond motifs is 1. The molecule has 1 aromatic heterocycles. The predicted octanol–water partition coefficient (Wildman–Crippen LogP) is 4.29. The zero-order valence-corrected chi connectivity index (χ0v) is 17.1. The van der Waals surface area contributed by atoms with Gasteiger partial charge in [0.2, 0.25) is 5.82 Å². The second-order valence-corrected chi connectivity index (χ2v) is 6.91. The van der Waals surface area contributed by atoms with Gasteiger partial charge < -0.3 is 19.4 Å². The third kappa shape index (κ3) is 5.08. The quantitative estimate of drug-likeness (QED) is 0.561. The lowest BCUT2D eigenvalue weighted by Crippen LogP contribution is -2.31. The Kier molecular flexibility index (Phi) is 6.40. The van der Waals surface area contributed by atoms with E-state index in [1.165, 1.54) is 50.4 Å². The Hall–Kier alpha value is -3.27. The fraction of sp³-hybridized carbons (Fsp3) is 0.250. The fourth-order valence-corrected chi connectivity index (χ4v) is 3.05. The van der Waals surface area contributed by atoms with E-state index in [-0.39, 0.29) is 16.7 Å². The zero-order chi connectivity index (χ0) is 22.8. The highest BCUT2D eigenvalue weighted by molar-refractivity contribution is 6.31. The molecule has 3 rings (SSSR count). The summed E-state index contributed by atoms with van der Waals surface area (Å²) < 4.78 is 50.9. The maximum atomic E-state index is 13.4. The van der Waals surface area contributed by atoms with Crippen LogP contribution in [0, 0.1) is 0 Å². The topological polar surface area (TPSA) is 82.5 Å². The number of hydrogen-bond acceptors (Lipinski definition) is 5. The fourth-order valence-electron chi connectivity index (χ4n) is 2.88. The number of aromatic nitrogens is 2. The molecule has 0 spiro atoms. The standard InChI is InChI=1S/C20H17ClF3N3O4/c1-11(18(29)25-14-9-12(21)7-8-16(14)30-2)31-17(28)10-27-15-6-4-3-5-13(15)26-19(27)20(22,23)24/h3-9,11H,10H2,1-2H3,(H,25,29). The van der Waals surface area contributed by atoms with Gasteiger partial charge in [-0.2, -0.15) is 13.2 Å². The number of rotatable bonds is 6. The molecule has 0 saturated carbocycles. The number of carbonyl (C=O) groups is 2. The summed E-state index contributed by atoms with van der Waals surface area (Å²) in [6.45, 7) is 0.522. The average Bonchev–Trinajstić information content (AvgIpc) is 3.07. The van der Waals surface area contributed by atoms with Crippen LogP contribution in [0.15, 0.2) is 42.5 Å². The number of amides is 1. The molecule has 2 aromatic carbocycles. The van der Waals surface area contributed by atoms with Gasteiger partial charge in [-0.3, -0.25) is 9.59 Å². The van der Waals surface area contributed by atoms with Gasteiger partial charge in [0.1, 0.15) is 12.3 Å². The summed E-state index contributed by atoms with van der Waals surface area (Å²) in [6, 6.07) is 10.4. The minimum atomic E-state index is -4.77. The zero-order valence-electron chi connectivity index (χ0n) is 16.4. The van der Waals surface area contributed by atoms with Crippen molar-refractivity contribution in [3.05, 3.63) is 53.3 Å². The van der Waals surface area contributed by atoms with E-state index in [1.807, 2.05) is 0 Å². The van der Waals surface area contributed by atoms with E-state index in [2.05, 4.69) is 10.3 Å². The van der Waals surface area contributed by atoms with Crippen molar-refractivity contribution in [1.29, 1.82) is 0 Å². The van der Waals surface area contributed by atoms with Crippen molar-refractivity contribution in [1.82, 2.24) is 9.55 Å². The lowest BCUT2D eigenvalue weighted by molar-refractivity contribution is -0.156. The molecule has 0 saturated heterocycles. The summed E-state index contributed by atoms with van der Waals surface area (Å²) in [7, 11) is 1.40. The summed E-state index contributed by atoms with van der Waals surface area (Å²) in [5.74, 6) is -2.64. The van der Waals surface area contributed by atoms with Crippen LogP contribution in [0.2, 0.25) is 5.02 Å². The van der Waals surface area contributed by atoms with Crippen LogP contribution in [0.3, 0.4) is 0 Å². The Morgan fingerprint density at radius 1 is 1.23 bits per heavy atom. The van der Waals surface area contributed by atoms with Crippen LogP contribution in [0.5, 0.6) is 5.75 Å². The first kappa shape index (κ1) is 22.4. The maximum Gasteiger partial charge on any atom is 0.449 e. The number of imidazole rings is 1. The van der Waals surface area contributed by atoms with Crippen molar-refractivity contribution >= 4 is 40.2 Å². The first-order valence-electron chi connectivity index (χ1n) is 8.96. The predicted molar refractivity (Wildman–Crippen MR) is 107 cm³/mol. The van der Waals surface area contributed by atoms with Crippen molar-refractivity contribution in [2.75, 3.05) is 12.4 Å². The van der Waals surface area contributed by atoms with Crippen molar-refractivity contribution in [2.24, 2.45) is 0 Å². The molecular weight excluding hydrogens is 439 g/mol. The van der Waals surface area contributed by atoms with E-state index < -0.39 is 36.5 Å². The lowest BCUT2D eigenvalue weighted by Gasteiger charge is -2.16. The highest BCUT2D eigenvalue weighted by Gasteiger charge is 2.38. The Morgan fingerprint density at radius 3 is 2.61 bits per heavy atom. The summed E-state index contributed by atoms with van der Waals surface area (Å²) in [6.07, 6.45) is -6.06. The number of para-hydroxylation sites is 2. The minimum Gasteiger partial charge on any atom is -0.495 e. The van der Waals surface area contributed by atoms with E-state index in [0.29, 0.717) is 15.3 Å². The Labute approximate surface area is 179 Å². The van der Waals surface area contributed by atoms with E-state index in [1.54, 1.807) is 6.07 Å². The molecule has 0 fully saturated rings. The number of nitrogens with zero attached hydrogens (tertiary/aromatic N) is 2. The molecule has 0 aliphatic rings. The molecule has 1 heterocycles. The third-order valence-corrected chi connectivity index (χ3v) is 4.53. The molecule has 1 atom stereocenters. The summed E-state index contributed by atoms with van der Waals surface area (Å²) >= 11 is 5.91. The molecule has 0 bridgehead atoms. The van der Waals surface area contributed by atoms with Gasteiger partial charge in [0.25, 0.3) is 5.91 Å². The molecular formula is C20H17ClF3N3O4. The number of halogens is 4. The number of carbonyl (C=O) groups excluding carboxylic acids is 2. The number of anilines is 1. The minimum absolute atomic E-state index is 0.0847. The maximum absolute atomic E-state index is 13.4. The average molecular weight is 456 g/mol. The van der Waals surface area contributed by atoms with Gasteiger partial charge in [0.15, 0.2) is 6.10 Å². The number of hydrogen-bond donors (Lipinski definition) is 1. The van der Waals surface area contributed by atoms with Gasteiger partial charge >= 0.3 is 12.1 Å². The number of benzene rings is 2. The van der Waals surface area contributed by atoms with Gasteiger partial charge in [-0.15, -0.1) is 0 Å². The van der Waals surface area contributed by atoms with Crippen LogP contribution in [-0.2, 0) is 27.0 Å². The van der Waals surface area contributed by atoms with Crippen molar-refractivity contribution in [2.45, 2.75) is 25.7 Å². The molecule has 31 heavy (non-hydrogen) atoms. The summed E-state index contributed by atoms with van der Waals surface area (Å²) in [4.78, 5) is 28.3. The number of methoxy groups -OCH3 is 1. The van der Waals surface area contributed by atoms with Crippen molar-refractivity contribution in [3.8, 4) is 5.75 Å². The van der Waals surface area contributed by atoms with Gasteiger partial charge in [0, 0.05) is 5.02 Å². The highest BCUT2D eigenvalue weighted by Crippen LogP contribution is 2.31. The van der Waals surface area contributed by atoms with Crippen molar-refractivity contribution in [3.63, 3.8) is 0 Å². The normalized spacial score (nSPS) is 12.5. The van der Waals surface area contributed by atoms with Gasteiger partial charge in [-0.1, -0.05) is 23.7 Å². The van der Waals surface area contributed by atoms with E-state index in [9.17, 15) is 22.8 Å². The smallest absolute Gasteiger partial charge is 0.449 e. The van der Waals surface area contributed by atoms with E-state index >= 15 is 0 Å². The lowest BCUT2D eigenvalue weighted by atomic mass is 10.2. The second-order valence-electron chi connectivity index (χ2n) is 6.47. The molecule has 0 aliphatic heterocycles. The molecule has 0 radical (unpaired) electrons. The second kappa shape index (κ2) is 8.84. The number of ether oxygens (including phenoxy) is 2. The Bertz CT molecular complexity index is 1130. The van der Waals surface area contributed by atoms with E-state index in [0.717, 1.165) is 0 Å². The molecule has 1 amide bonds.